The summed E-state index contributed by atoms with van der Waals surface area (Å²) in [7, 11) is 3.05. The molecule has 0 radical (unpaired) electrons. The van der Waals surface area contributed by atoms with E-state index in [9.17, 15) is 19.8 Å². The summed E-state index contributed by atoms with van der Waals surface area (Å²) >= 11 is 0. The second-order valence-electron chi connectivity index (χ2n) is 5.63. The van der Waals surface area contributed by atoms with Crippen LogP contribution in [0.25, 0.3) is 0 Å². The molecule has 0 aromatic carbocycles. The Hall–Kier alpha value is -1.34. The van der Waals surface area contributed by atoms with Gasteiger partial charge in [0.25, 0.3) is 0 Å². The van der Waals surface area contributed by atoms with Crippen LogP contribution in [0.5, 0.6) is 0 Å². The minimum absolute atomic E-state index is 0.143. The number of likely N-dealkylation sites (N-methyl/N-ethyl adjacent to an activating group) is 1. The number of carbonyl (C=O) groups excluding carboxylic acids is 1. The number of aliphatic hydroxyl groups is 1. The molecule has 0 bridgehead atoms. The van der Waals surface area contributed by atoms with Crippen molar-refractivity contribution in [2.45, 2.75) is 44.2 Å². The van der Waals surface area contributed by atoms with Gasteiger partial charge in [-0.3, -0.25) is 4.79 Å². The number of methoxy groups -OCH3 is 1. The Morgan fingerprint density at radius 3 is 2.62 bits per heavy atom. The van der Waals surface area contributed by atoms with E-state index in [2.05, 4.69) is 5.32 Å². The maximum Gasteiger partial charge on any atom is 0.317 e. The summed E-state index contributed by atoms with van der Waals surface area (Å²) in [5, 5.41) is 21.7. The summed E-state index contributed by atoms with van der Waals surface area (Å²) in [4.78, 5) is 24.8. The first-order valence-corrected chi connectivity index (χ1v) is 7.37. The average Bonchev–Trinajstić information content (AvgIpc) is 2.64. The van der Waals surface area contributed by atoms with Gasteiger partial charge in [-0.1, -0.05) is 19.3 Å². The SMILES string of the molecule is COCC(O)CN(C)C(=O)NC1CCCCCC1C(=O)O. The summed E-state index contributed by atoms with van der Waals surface area (Å²) in [6.07, 6.45) is 3.32. The Bertz CT molecular complexity index is 350. The monoisotopic (exact) mass is 302 g/mol. The lowest BCUT2D eigenvalue weighted by Gasteiger charge is -2.27. The number of ether oxygens (including phenoxy) is 1. The molecule has 1 aliphatic carbocycles. The molecular formula is C14H26N2O5. The van der Waals surface area contributed by atoms with Crippen molar-refractivity contribution >= 4 is 12.0 Å². The molecule has 1 saturated carbocycles. The molecule has 0 aliphatic heterocycles. The van der Waals surface area contributed by atoms with E-state index in [0.29, 0.717) is 12.8 Å². The summed E-state index contributed by atoms with van der Waals surface area (Å²) in [5.74, 6) is -1.39. The van der Waals surface area contributed by atoms with Gasteiger partial charge in [0.1, 0.15) is 0 Å². The zero-order valence-electron chi connectivity index (χ0n) is 12.7. The van der Waals surface area contributed by atoms with Gasteiger partial charge in [0, 0.05) is 20.2 Å². The van der Waals surface area contributed by atoms with E-state index in [0.717, 1.165) is 19.3 Å². The van der Waals surface area contributed by atoms with E-state index in [1.165, 1.54) is 12.0 Å². The second kappa shape index (κ2) is 8.84. The maximum absolute atomic E-state index is 12.1. The summed E-state index contributed by atoms with van der Waals surface area (Å²) in [6.45, 7) is 0.295. The van der Waals surface area contributed by atoms with Crippen molar-refractivity contribution in [3.05, 3.63) is 0 Å². The molecular weight excluding hydrogens is 276 g/mol. The van der Waals surface area contributed by atoms with Crippen LogP contribution in [0.4, 0.5) is 4.79 Å². The molecule has 0 saturated heterocycles. The van der Waals surface area contributed by atoms with Gasteiger partial charge in [-0.25, -0.2) is 4.79 Å². The van der Waals surface area contributed by atoms with Crippen molar-refractivity contribution in [2.24, 2.45) is 5.92 Å². The number of aliphatic carboxylic acids is 1. The molecule has 1 fully saturated rings. The Balaban J connectivity index is 2.55. The number of hydrogen-bond donors (Lipinski definition) is 3. The van der Waals surface area contributed by atoms with Gasteiger partial charge in [0.05, 0.1) is 25.2 Å². The first-order chi connectivity index (χ1) is 9.95. The molecule has 21 heavy (non-hydrogen) atoms. The van der Waals surface area contributed by atoms with Gasteiger partial charge >= 0.3 is 12.0 Å². The van der Waals surface area contributed by atoms with E-state index in [1.54, 1.807) is 7.05 Å². The Morgan fingerprint density at radius 2 is 2.00 bits per heavy atom. The molecule has 0 aromatic rings. The molecule has 0 heterocycles. The van der Waals surface area contributed by atoms with Crippen molar-refractivity contribution in [3.63, 3.8) is 0 Å². The molecule has 3 unspecified atom stereocenters. The molecule has 2 amide bonds. The number of amides is 2. The van der Waals surface area contributed by atoms with Crippen LogP contribution in [0.1, 0.15) is 32.1 Å². The minimum Gasteiger partial charge on any atom is -0.481 e. The number of nitrogens with one attached hydrogen (secondary N) is 1. The number of hydrogen-bond acceptors (Lipinski definition) is 4. The third-order valence-corrected chi connectivity index (χ3v) is 3.83. The summed E-state index contributed by atoms with van der Waals surface area (Å²) < 4.78 is 4.81. The lowest BCUT2D eigenvalue weighted by molar-refractivity contribution is -0.142. The van der Waals surface area contributed by atoms with Crippen LogP contribution in [-0.2, 0) is 9.53 Å². The summed E-state index contributed by atoms with van der Waals surface area (Å²) in [6, 6.07) is -0.706. The molecule has 3 N–H and O–H groups in total. The number of nitrogens with zero attached hydrogens (tertiary/aromatic N) is 1. The van der Waals surface area contributed by atoms with E-state index >= 15 is 0 Å². The highest BCUT2D eigenvalue weighted by molar-refractivity contribution is 5.76. The number of carbonyl (C=O) groups is 2. The van der Waals surface area contributed by atoms with Crippen LogP contribution in [0.3, 0.4) is 0 Å². The number of rotatable bonds is 6. The van der Waals surface area contributed by atoms with Gasteiger partial charge in [-0.05, 0) is 12.8 Å². The average molecular weight is 302 g/mol. The third-order valence-electron chi connectivity index (χ3n) is 3.83. The number of urea groups is 1. The van der Waals surface area contributed by atoms with Gasteiger partial charge in [0.15, 0.2) is 0 Å². The number of carboxylic acid groups (broad SMARTS) is 1. The van der Waals surface area contributed by atoms with Crippen LogP contribution in [-0.4, -0.2) is 66.6 Å². The Kier molecular flexibility index (Phi) is 7.45. The lowest BCUT2D eigenvalue weighted by atomic mass is 9.95. The van der Waals surface area contributed by atoms with Crippen LogP contribution in [0.15, 0.2) is 0 Å². The fraction of sp³-hybridized carbons (Fsp3) is 0.857. The summed E-state index contributed by atoms with van der Waals surface area (Å²) in [5.41, 5.74) is 0. The first-order valence-electron chi connectivity index (χ1n) is 7.37. The van der Waals surface area contributed by atoms with Crippen molar-refractivity contribution in [3.8, 4) is 0 Å². The van der Waals surface area contributed by atoms with Crippen LogP contribution in [0.2, 0.25) is 0 Å². The van der Waals surface area contributed by atoms with Gasteiger partial charge in [0.2, 0.25) is 0 Å². The molecule has 7 nitrogen and oxygen atoms in total. The van der Waals surface area contributed by atoms with E-state index < -0.39 is 18.0 Å². The van der Waals surface area contributed by atoms with Gasteiger partial charge in [-0.2, -0.15) is 0 Å². The quantitative estimate of drug-likeness (QED) is 0.626. The van der Waals surface area contributed by atoms with Crippen molar-refractivity contribution < 1.29 is 24.5 Å². The van der Waals surface area contributed by atoms with Gasteiger partial charge < -0.3 is 25.2 Å². The largest absolute Gasteiger partial charge is 0.481 e. The molecule has 1 aliphatic rings. The Morgan fingerprint density at radius 1 is 1.33 bits per heavy atom. The lowest BCUT2D eigenvalue weighted by Crippen LogP contribution is -2.49. The Labute approximate surface area is 125 Å². The first kappa shape index (κ1) is 17.7. The molecule has 0 spiro atoms. The zero-order chi connectivity index (χ0) is 15.8. The highest BCUT2D eigenvalue weighted by Gasteiger charge is 2.31. The van der Waals surface area contributed by atoms with Crippen LogP contribution >= 0.6 is 0 Å². The van der Waals surface area contributed by atoms with E-state index in [4.69, 9.17) is 4.74 Å². The highest BCUT2D eigenvalue weighted by atomic mass is 16.5. The number of carboxylic acids is 1. The highest BCUT2D eigenvalue weighted by Crippen LogP contribution is 2.24. The topological polar surface area (TPSA) is 99.1 Å². The van der Waals surface area contributed by atoms with Crippen molar-refractivity contribution in [1.29, 1.82) is 0 Å². The number of aliphatic hydroxyl groups excluding tert-OH is 1. The fourth-order valence-electron chi connectivity index (χ4n) is 2.69. The van der Waals surface area contributed by atoms with Crippen LogP contribution in [0, 0.1) is 5.92 Å². The van der Waals surface area contributed by atoms with E-state index in [-0.39, 0.29) is 25.2 Å². The molecule has 122 valence electrons. The molecule has 3 atom stereocenters. The van der Waals surface area contributed by atoms with Crippen molar-refractivity contribution in [1.82, 2.24) is 10.2 Å². The smallest absolute Gasteiger partial charge is 0.317 e. The van der Waals surface area contributed by atoms with Gasteiger partial charge in [-0.15, -0.1) is 0 Å². The molecule has 1 rings (SSSR count). The standard InChI is InChI=1S/C14H26N2O5/c1-16(8-10(17)9-21-2)14(20)15-12-7-5-3-4-6-11(12)13(18)19/h10-12,17H,3-9H2,1-2H3,(H,15,20)(H,18,19). The fourth-order valence-corrected chi connectivity index (χ4v) is 2.69. The van der Waals surface area contributed by atoms with Crippen molar-refractivity contribution in [2.75, 3.05) is 27.3 Å². The predicted molar refractivity (Wildman–Crippen MR) is 77.0 cm³/mol. The van der Waals surface area contributed by atoms with Crippen LogP contribution < -0.4 is 5.32 Å². The maximum atomic E-state index is 12.1. The molecule has 7 heteroatoms. The molecule has 0 aromatic heterocycles. The second-order valence-corrected chi connectivity index (χ2v) is 5.63. The zero-order valence-corrected chi connectivity index (χ0v) is 12.7. The minimum atomic E-state index is -0.857. The normalized spacial score (nSPS) is 24.0. The predicted octanol–water partition coefficient (Wildman–Crippen LogP) is 0.669. The third kappa shape index (κ3) is 5.89. The van der Waals surface area contributed by atoms with E-state index in [1.807, 2.05) is 0 Å².